The molecule has 0 saturated carbocycles. The highest BCUT2D eigenvalue weighted by molar-refractivity contribution is 7.18. The lowest BCUT2D eigenvalue weighted by atomic mass is 9.95. The number of hydrogen-bond acceptors (Lipinski definition) is 6. The maximum Gasteiger partial charge on any atom is 0.410 e. The fourth-order valence-corrected chi connectivity index (χ4v) is 5.35. The number of fused-ring (bicyclic) bond motifs is 2. The Morgan fingerprint density at radius 3 is 2.56 bits per heavy atom. The molecule has 0 unspecified atom stereocenters. The SMILES string of the molecule is Cc1cn2nc(-n3cc4cc(C5CCN(C(=O)OC(C)(C)C)CC5)sc4n3)cc(C)c2n1. The van der Waals surface area contributed by atoms with Crippen molar-refractivity contribution >= 4 is 33.3 Å². The molecule has 0 bridgehead atoms. The van der Waals surface area contributed by atoms with E-state index in [1.54, 1.807) is 11.3 Å². The molecule has 0 radical (unpaired) electrons. The number of likely N-dealkylation sites (tertiary alicyclic amines) is 1. The van der Waals surface area contributed by atoms with Crippen LogP contribution < -0.4 is 0 Å². The summed E-state index contributed by atoms with van der Waals surface area (Å²) >= 11 is 1.74. The average molecular weight is 453 g/mol. The van der Waals surface area contributed by atoms with Crippen molar-refractivity contribution in [3.8, 4) is 5.82 Å². The maximum absolute atomic E-state index is 12.3. The number of aromatic nitrogens is 5. The van der Waals surface area contributed by atoms with E-state index in [2.05, 4.69) is 16.1 Å². The Morgan fingerprint density at radius 2 is 1.88 bits per heavy atom. The van der Waals surface area contributed by atoms with Gasteiger partial charge in [-0.15, -0.1) is 16.4 Å². The van der Waals surface area contributed by atoms with Crippen molar-refractivity contribution in [1.82, 2.24) is 29.3 Å². The number of amides is 1. The van der Waals surface area contributed by atoms with Gasteiger partial charge in [-0.25, -0.2) is 19.0 Å². The molecule has 1 fully saturated rings. The second-order valence-corrected chi connectivity index (χ2v) is 10.6. The van der Waals surface area contributed by atoms with E-state index >= 15 is 0 Å². The molecule has 0 aliphatic carbocycles. The van der Waals surface area contributed by atoms with Gasteiger partial charge in [-0.1, -0.05) is 0 Å². The first-order valence-corrected chi connectivity index (χ1v) is 11.8. The summed E-state index contributed by atoms with van der Waals surface area (Å²) in [6, 6.07) is 4.26. The third kappa shape index (κ3) is 3.97. The van der Waals surface area contributed by atoms with Crippen molar-refractivity contribution in [3.63, 3.8) is 0 Å². The van der Waals surface area contributed by atoms with Crippen LogP contribution in [0.3, 0.4) is 0 Å². The summed E-state index contributed by atoms with van der Waals surface area (Å²) in [4.78, 5) is 21.0. The smallest absolute Gasteiger partial charge is 0.410 e. The molecule has 1 aliphatic rings. The minimum Gasteiger partial charge on any atom is -0.444 e. The van der Waals surface area contributed by atoms with Gasteiger partial charge in [0.25, 0.3) is 0 Å². The molecule has 5 rings (SSSR count). The van der Waals surface area contributed by atoms with Gasteiger partial charge in [0.2, 0.25) is 0 Å². The fourth-order valence-electron chi connectivity index (χ4n) is 4.18. The second kappa shape index (κ2) is 7.58. The molecule has 1 saturated heterocycles. The molecule has 0 N–H and O–H groups in total. The van der Waals surface area contributed by atoms with E-state index in [1.807, 2.05) is 67.2 Å². The minimum absolute atomic E-state index is 0.212. The molecule has 168 valence electrons. The van der Waals surface area contributed by atoms with Crippen LogP contribution in [0.15, 0.2) is 24.5 Å². The first-order chi connectivity index (χ1) is 15.2. The molecule has 8 nitrogen and oxygen atoms in total. The standard InChI is InChI=1S/C23H28N6O2S/c1-14-10-19(25-29-12-15(2)24-20(14)29)28-13-17-11-18(32-21(17)26-28)16-6-8-27(9-7-16)22(30)31-23(3,4)5/h10-13,16H,6-9H2,1-5H3. The van der Waals surface area contributed by atoms with Crippen LogP contribution in [0, 0.1) is 13.8 Å². The van der Waals surface area contributed by atoms with E-state index in [0.717, 1.165) is 58.9 Å². The molecule has 32 heavy (non-hydrogen) atoms. The van der Waals surface area contributed by atoms with E-state index in [1.165, 1.54) is 4.88 Å². The Kier molecular flexibility index (Phi) is 4.96. The summed E-state index contributed by atoms with van der Waals surface area (Å²) in [6.45, 7) is 11.2. The minimum atomic E-state index is -0.458. The molecular weight excluding hydrogens is 424 g/mol. The van der Waals surface area contributed by atoms with Gasteiger partial charge in [-0.3, -0.25) is 0 Å². The number of imidazole rings is 1. The van der Waals surface area contributed by atoms with Crippen LogP contribution in [0.5, 0.6) is 0 Å². The Labute approximate surface area is 190 Å². The van der Waals surface area contributed by atoms with E-state index in [4.69, 9.17) is 9.84 Å². The van der Waals surface area contributed by atoms with Crippen molar-refractivity contribution in [2.45, 2.75) is 59.0 Å². The third-order valence-electron chi connectivity index (χ3n) is 5.72. The molecular formula is C23H28N6O2S. The van der Waals surface area contributed by atoms with Crippen LogP contribution >= 0.6 is 11.3 Å². The van der Waals surface area contributed by atoms with Crippen LogP contribution in [0.25, 0.3) is 21.7 Å². The number of hydrogen-bond donors (Lipinski definition) is 0. The van der Waals surface area contributed by atoms with E-state index in [-0.39, 0.29) is 6.09 Å². The maximum atomic E-state index is 12.3. The molecule has 0 atom stereocenters. The summed E-state index contributed by atoms with van der Waals surface area (Å²) in [5.41, 5.74) is 2.43. The Hall–Kier alpha value is -2.94. The second-order valence-electron chi connectivity index (χ2n) is 9.56. The van der Waals surface area contributed by atoms with Gasteiger partial charge in [-0.05, 0) is 71.1 Å². The topological polar surface area (TPSA) is 77.5 Å². The van der Waals surface area contributed by atoms with E-state index in [9.17, 15) is 4.79 Å². The van der Waals surface area contributed by atoms with Gasteiger partial charge in [0.05, 0.1) is 11.9 Å². The average Bonchev–Trinajstić information content (AvgIpc) is 3.39. The van der Waals surface area contributed by atoms with Crippen LogP contribution in [-0.2, 0) is 4.74 Å². The highest BCUT2D eigenvalue weighted by Gasteiger charge is 2.28. The first-order valence-electron chi connectivity index (χ1n) is 11.0. The molecule has 0 spiro atoms. The molecule has 4 aromatic heterocycles. The van der Waals surface area contributed by atoms with Crippen molar-refractivity contribution in [1.29, 1.82) is 0 Å². The van der Waals surface area contributed by atoms with Gasteiger partial charge in [0, 0.05) is 29.5 Å². The van der Waals surface area contributed by atoms with Crippen molar-refractivity contribution in [2.75, 3.05) is 13.1 Å². The number of ether oxygens (including phenoxy) is 1. The number of thiophene rings is 1. The number of piperidine rings is 1. The molecule has 9 heteroatoms. The van der Waals surface area contributed by atoms with Gasteiger partial charge in [0.1, 0.15) is 10.4 Å². The van der Waals surface area contributed by atoms with Crippen LogP contribution in [0.1, 0.15) is 55.7 Å². The number of carbonyl (C=O) groups is 1. The summed E-state index contributed by atoms with van der Waals surface area (Å²) in [6.07, 6.45) is 5.65. The number of nitrogens with zero attached hydrogens (tertiary/aromatic N) is 6. The molecule has 5 heterocycles. The van der Waals surface area contributed by atoms with Gasteiger partial charge >= 0.3 is 6.09 Å². The van der Waals surface area contributed by atoms with Crippen LogP contribution in [0.4, 0.5) is 4.79 Å². The Morgan fingerprint density at radius 1 is 1.12 bits per heavy atom. The zero-order valence-electron chi connectivity index (χ0n) is 19.1. The lowest BCUT2D eigenvalue weighted by Gasteiger charge is -2.33. The lowest BCUT2D eigenvalue weighted by Crippen LogP contribution is -2.41. The monoisotopic (exact) mass is 452 g/mol. The molecule has 1 aliphatic heterocycles. The van der Waals surface area contributed by atoms with Crippen LogP contribution in [-0.4, -0.2) is 54.1 Å². The van der Waals surface area contributed by atoms with Crippen LogP contribution in [0.2, 0.25) is 0 Å². The Bertz CT molecular complexity index is 1270. The lowest BCUT2D eigenvalue weighted by molar-refractivity contribution is 0.0205. The number of carbonyl (C=O) groups excluding carboxylic acids is 1. The zero-order chi connectivity index (χ0) is 22.6. The number of rotatable bonds is 2. The summed E-state index contributed by atoms with van der Waals surface area (Å²) in [5.74, 6) is 1.23. The van der Waals surface area contributed by atoms with Gasteiger partial charge in [0.15, 0.2) is 11.5 Å². The highest BCUT2D eigenvalue weighted by atomic mass is 32.1. The van der Waals surface area contributed by atoms with E-state index in [0.29, 0.717) is 5.92 Å². The number of aryl methyl sites for hydroxylation is 2. The van der Waals surface area contributed by atoms with Gasteiger partial charge in [-0.2, -0.15) is 5.10 Å². The molecule has 1 amide bonds. The van der Waals surface area contributed by atoms with Crippen molar-refractivity contribution in [2.24, 2.45) is 0 Å². The highest BCUT2D eigenvalue weighted by Crippen LogP contribution is 2.36. The summed E-state index contributed by atoms with van der Waals surface area (Å²) < 4.78 is 9.17. The summed E-state index contributed by atoms with van der Waals surface area (Å²) in [7, 11) is 0. The molecule has 4 aromatic rings. The van der Waals surface area contributed by atoms with Gasteiger partial charge < -0.3 is 9.64 Å². The predicted molar refractivity (Wildman–Crippen MR) is 125 cm³/mol. The van der Waals surface area contributed by atoms with Crippen molar-refractivity contribution in [3.05, 3.63) is 40.7 Å². The Balaban J connectivity index is 1.31. The quantitative estimate of drug-likeness (QED) is 0.434. The normalized spacial score (nSPS) is 15.7. The third-order valence-corrected chi connectivity index (χ3v) is 6.92. The summed E-state index contributed by atoms with van der Waals surface area (Å²) in [5, 5.41) is 10.6. The largest absolute Gasteiger partial charge is 0.444 e. The van der Waals surface area contributed by atoms with E-state index < -0.39 is 5.60 Å². The predicted octanol–water partition coefficient (Wildman–Crippen LogP) is 4.86. The van der Waals surface area contributed by atoms with Crippen molar-refractivity contribution < 1.29 is 9.53 Å². The zero-order valence-corrected chi connectivity index (χ0v) is 19.9. The molecule has 0 aromatic carbocycles. The first kappa shape index (κ1) is 20.9. The fraction of sp³-hybridized carbons (Fsp3) is 0.478.